The lowest BCUT2D eigenvalue weighted by Gasteiger charge is -2.15. The third-order valence-corrected chi connectivity index (χ3v) is 5.32. The van der Waals surface area contributed by atoms with Crippen molar-refractivity contribution in [3.8, 4) is 17.5 Å². The molecule has 0 saturated heterocycles. The smallest absolute Gasteiger partial charge is 0.255 e. The van der Waals surface area contributed by atoms with Gasteiger partial charge in [0, 0.05) is 31.5 Å². The number of halogens is 1. The van der Waals surface area contributed by atoms with Crippen LogP contribution < -0.4 is 10.6 Å². The molecule has 4 aromatic rings. The molecule has 4 rings (SSSR count). The number of amides is 1. The van der Waals surface area contributed by atoms with Crippen LogP contribution in [0.25, 0.3) is 17.0 Å². The predicted molar refractivity (Wildman–Crippen MR) is 124 cm³/mol. The van der Waals surface area contributed by atoms with E-state index >= 15 is 0 Å². The molecule has 0 saturated carbocycles. The first-order valence-corrected chi connectivity index (χ1v) is 10.9. The highest BCUT2D eigenvalue weighted by Crippen LogP contribution is 2.27. The molecule has 10 nitrogen and oxygen atoms in total. The summed E-state index contributed by atoms with van der Waals surface area (Å²) in [4.78, 5) is 21.6. The maximum absolute atomic E-state index is 14.0. The van der Waals surface area contributed by atoms with Crippen molar-refractivity contribution in [2.75, 3.05) is 11.9 Å². The summed E-state index contributed by atoms with van der Waals surface area (Å²) in [6, 6.07) is 5.37. The van der Waals surface area contributed by atoms with Crippen molar-refractivity contribution in [3.05, 3.63) is 54.2 Å². The number of fused-ring (bicyclic) bond motifs is 1. The van der Waals surface area contributed by atoms with Crippen molar-refractivity contribution in [1.29, 1.82) is 5.26 Å². The van der Waals surface area contributed by atoms with Crippen LogP contribution in [0.2, 0.25) is 0 Å². The van der Waals surface area contributed by atoms with E-state index in [9.17, 15) is 9.18 Å². The van der Waals surface area contributed by atoms with E-state index in [1.807, 2.05) is 19.2 Å². The zero-order chi connectivity index (χ0) is 24.2. The molecule has 34 heavy (non-hydrogen) atoms. The van der Waals surface area contributed by atoms with Gasteiger partial charge in [0.2, 0.25) is 0 Å². The lowest BCUT2D eigenvalue weighted by atomic mass is 10.1. The first-order chi connectivity index (χ1) is 16.4. The van der Waals surface area contributed by atoms with Crippen LogP contribution in [0.5, 0.6) is 0 Å². The van der Waals surface area contributed by atoms with Crippen LogP contribution in [0.4, 0.5) is 15.8 Å². The fourth-order valence-electron chi connectivity index (χ4n) is 3.27. The van der Waals surface area contributed by atoms with Gasteiger partial charge in [0.25, 0.3) is 5.91 Å². The number of hydrogen-bond donors (Lipinski definition) is 2. The molecule has 11 heteroatoms. The van der Waals surface area contributed by atoms with E-state index in [1.165, 1.54) is 12.4 Å². The molecule has 1 atom stereocenters. The fourth-order valence-corrected chi connectivity index (χ4v) is 3.27. The Morgan fingerprint density at radius 3 is 2.71 bits per heavy atom. The van der Waals surface area contributed by atoms with Crippen molar-refractivity contribution in [1.82, 2.24) is 34.7 Å². The molecule has 0 aromatic carbocycles. The van der Waals surface area contributed by atoms with Crippen molar-refractivity contribution >= 4 is 22.9 Å². The largest absolute Gasteiger partial charge is 0.352 e. The first-order valence-electron chi connectivity index (χ1n) is 10.9. The van der Waals surface area contributed by atoms with E-state index in [0.29, 0.717) is 40.5 Å². The molecule has 0 aliphatic carbocycles. The highest BCUT2D eigenvalue weighted by molar-refractivity contribution is 6.00. The number of alkyl halides is 1. The average Bonchev–Trinajstić information content (AvgIpc) is 3.48. The lowest BCUT2D eigenvalue weighted by Crippen LogP contribution is -2.32. The SMILES string of the molecule is CCn1cc(Nc2cc(-c3cnc4cc(C#N)cnn34)ncc2C(=O)NCC(F)C(C)C)cn1. The number of nitrogens with zero attached hydrogens (tertiary/aromatic N) is 7. The molecule has 1 amide bonds. The highest BCUT2D eigenvalue weighted by Gasteiger charge is 2.19. The third kappa shape index (κ3) is 4.71. The molecule has 174 valence electrons. The molecule has 0 bridgehead atoms. The number of carbonyl (C=O) groups is 1. The maximum atomic E-state index is 14.0. The van der Waals surface area contributed by atoms with Gasteiger partial charge in [0.05, 0.1) is 46.8 Å². The Bertz CT molecular complexity index is 1370. The fraction of sp³-hybridized carbons (Fsp3) is 0.304. The highest BCUT2D eigenvalue weighted by atomic mass is 19.1. The maximum Gasteiger partial charge on any atom is 0.255 e. The van der Waals surface area contributed by atoms with E-state index < -0.39 is 12.1 Å². The van der Waals surface area contributed by atoms with E-state index in [4.69, 9.17) is 5.26 Å². The Morgan fingerprint density at radius 2 is 2.00 bits per heavy atom. The molecule has 4 aromatic heterocycles. The molecule has 0 aliphatic rings. The van der Waals surface area contributed by atoms with Gasteiger partial charge in [-0.2, -0.15) is 15.5 Å². The third-order valence-electron chi connectivity index (χ3n) is 5.32. The lowest BCUT2D eigenvalue weighted by molar-refractivity contribution is 0.0935. The topological polar surface area (TPSA) is 126 Å². The Labute approximate surface area is 195 Å². The number of hydrogen-bond acceptors (Lipinski definition) is 7. The van der Waals surface area contributed by atoms with Gasteiger partial charge in [-0.3, -0.25) is 14.5 Å². The summed E-state index contributed by atoms with van der Waals surface area (Å²) >= 11 is 0. The minimum atomic E-state index is -1.15. The number of nitriles is 1. The summed E-state index contributed by atoms with van der Waals surface area (Å²) in [7, 11) is 0. The number of pyridine rings is 1. The summed E-state index contributed by atoms with van der Waals surface area (Å²) in [6.45, 7) is 6.09. The normalized spacial score (nSPS) is 12.0. The van der Waals surface area contributed by atoms with Crippen LogP contribution in [-0.4, -0.2) is 48.0 Å². The molecule has 0 fully saturated rings. The Balaban J connectivity index is 1.71. The molecular formula is C23H24FN9O. The van der Waals surface area contributed by atoms with Gasteiger partial charge in [0.15, 0.2) is 5.65 Å². The van der Waals surface area contributed by atoms with E-state index in [1.54, 1.807) is 47.6 Å². The second-order valence-corrected chi connectivity index (χ2v) is 8.06. The monoisotopic (exact) mass is 461 g/mol. The standard InChI is InChI=1S/C23H24FN9O/c1-4-32-13-16(9-29-32)31-19-6-20(21-12-27-22-5-15(7-25)8-30-33(21)22)26-10-17(19)23(34)28-11-18(24)14(2)3/h5-6,8-10,12-14,18H,4,11H2,1-3H3,(H,26,31)(H,28,34). The number of imidazole rings is 1. The first kappa shape index (κ1) is 22.8. The minimum Gasteiger partial charge on any atom is -0.352 e. The number of anilines is 2. The Hall–Kier alpha value is -4.33. The molecule has 1 unspecified atom stereocenters. The number of aryl methyl sites for hydroxylation is 1. The van der Waals surface area contributed by atoms with E-state index in [2.05, 4.69) is 30.8 Å². The van der Waals surface area contributed by atoms with Crippen molar-refractivity contribution in [3.63, 3.8) is 0 Å². The van der Waals surface area contributed by atoms with Crippen LogP contribution in [-0.2, 0) is 6.54 Å². The Kier molecular flexibility index (Phi) is 6.49. The average molecular weight is 462 g/mol. The molecule has 2 N–H and O–H groups in total. The van der Waals surface area contributed by atoms with Crippen molar-refractivity contribution in [2.45, 2.75) is 33.5 Å². The van der Waals surface area contributed by atoms with Gasteiger partial charge in [-0.1, -0.05) is 13.8 Å². The second-order valence-electron chi connectivity index (χ2n) is 8.06. The van der Waals surface area contributed by atoms with E-state index in [0.717, 1.165) is 0 Å². The second kappa shape index (κ2) is 9.66. The zero-order valence-corrected chi connectivity index (χ0v) is 19.0. The summed E-state index contributed by atoms with van der Waals surface area (Å²) in [6.07, 6.45) is 6.79. The summed E-state index contributed by atoms with van der Waals surface area (Å²) in [5.74, 6) is -0.648. The minimum absolute atomic E-state index is 0.0934. The number of rotatable bonds is 8. The molecule has 0 radical (unpaired) electrons. The summed E-state index contributed by atoms with van der Waals surface area (Å²) < 4.78 is 17.4. The number of nitrogens with one attached hydrogen (secondary N) is 2. The molecule has 0 aliphatic heterocycles. The van der Waals surface area contributed by atoms with Gasteiger partial charge in [0.1, 0.15) is 17.9 Å². The van der Waals surface area contributed by atoms with Gasteiger partial charge in [-0.25, -0.2) is 13.9 Å². The van der Waals surface area contributed by atoms with Crippen LogP contribution in [0.3, 0.4) is 0 Å². The zero-order valence-electron chi connectivity index (χ0n) is 19.0. The van der Waals surface area contributed by atoms with Crippen LogP contribution in [0.1, 0.15) is 36.7 Å². The predicted octanol–water partition coefficient (Wildman–Crippen LogP) is 3.35. The molecular weight excluding hydrogens is 437 g/mol. The quantitative estimate of drug-likeness (QED) is 0.412. The number of aromatic nitrogens is 6. The van der Waals surface area contributed by atoms with Crippen LogP contribution in [0, 0.1) is 17.2 Å². The van der Waals surface area contributed by atoms with Gasteiger partial charge in [-0.15, -0.1) is 0 Å². The number of carbonyl (C=O) groups excluding carboxylic acids is 1. The van der Waals surface area contributed by atoms with Gasteiger partial charge >= 0.3 is 0 Å². The van der Waals surface area contributed by atoms with Gasteiger partial charge < -0.3 is 10.6 Å². The van der Waals surface area contributed by atoms with Gasteiger partial charge in [-0.05, 0) is 18.9 Å². The van der Waals surface area contributed by atoms with Crippen LogP contribution >= 0.6 is 0 Å². The van der Waals surface area contributed by atoms with E-state index in [-0.39, 0.29) is 18.0 Å². The molecule has 0 spiro atoms. The summed E-state index contributed by atoms with van der Waals surface area (Å²) in [5, 5.41) is 23.5. The summed E-state index contributed by atoms with van der Waals surface area (Å²) in [5.41, 5.74) is 3.42. The Morgan fingerprint density at radius 1 is 1.18 bits per heavy atom. The van der Waals surface area contributed by atoms with Crippen molar-refractivity contribution in [2.24, 2.45) is 5.92 Å². The van der Waals surface area contributed by atoms with Crippen molar-refractivity contribution < 1.29 is 9.18 Å². The van der Waals surface area contributed by atoms with Crippen LogP contribution in [0.15, 0.2) is 43.1 Å². The molecule has 4 heterocycles.